The molecule has 0 saturated carbocycles. The topological polar surface area (TPSA) is 68.5 Å². The molecule has 7 heteroatoms. The number of aromatic nitrogens is 1. The normalized spacial score (nSPS) is 10.6. The lowest BCUT2D eigenvalue weighted by Gasteiger charge is -2.15. The van der Waals surface area contributed by atoms with Gasteiger partial charge in [-0.25, -0.2) is 13.6 Å². The Morgan fingerprint density at radius 2 is 1.87 bits per heavy atom. The summed E-state index contributed by atoms with van der Waals surface area (Å²) in [4.78, 5) is 24.4. The van der Waals surface area contributed by atoms with Crippen LogP contribution in [0.25, 0.3) is 5.69 Å². The summed E-state index contributed by atoms with van der Waals surface area (Å²) in [5, 5.41) is 9.91. The highest BCUT2D eigenvalue weighted by Crippen LogP contribution is 2.23. The van der Waals surface area contributed by atoms with Crippen molar-refractivity contribution < 1.29 is 23.4 Å². The van der Waals surface area contributed by atoms with Gasteiger partial charge in [0.15, 0.2) is 5.56 Å². The average molecular weight is 323 g/mol. The summed E-state index contributed by atoms with van der Waals surface area (Å²) >= 11 is 0. The van der Waals surface area contributed by atoms with Crippen LogP contribution in [0, 0.1) is 11.6 Å². The fourth-order valence-electron chi connectivity index (χ4n) is 2.25. The van der Waals surface area contributed by atoms with Crippen LogP contribution in [0.4, 0.5) is 8.78 Å². The van der Waals surface area contributed by atoms with Crippen molar-refractivity contribution in [3.8, 4) is 11.4 Å². The van der Waals surface area contributed by atoms with Crippen molar-refractivity contribution >= 4 is 5.97 Å². The fourth-order valence-corrected chi connectivity index (χ4v) is 2.25. The van der Waals surface area contributed by atoms with E-state index in [4.69, 9.17) is 4.74 Å². The van der Waals surface area contributed by atoms with Crippen LogP contribution in [0.2, 0.25) is 0 Å². The maximum absolute atomic E-state index is 14.0. The van der Waals surface area contributed by atoms with Crippen molar-refractivity contribution in [3.05, 3.63) is 57.5 Å². The Hall–Kier alpha value is -2.70. The van der Waals surface area contributed by atoms with Gasteiger partial charge in [-0.15, -0.1) is 0 Å². The van der Waals surface area contributed by atoms with Crippen molar-refractivity contribution in [3.63, 3.8) is 0 Å². The van der Waals surface area contributed by atoms with E-state index in [1.165, 1.54) is 6.92 Å². The molecule has 1 aromatic heterocycles. The van der Waals surface area contributed by atoms with Crippen molar-refractivity contribution in [2.75, 3.05) is 6.61 Å². The van der Waals surface area contributed by atoms with Gasteiger partial charge in [0.05, 0.1) is 6.61 Å². The van der Waals surface area contributed by atoms with Gasteiger partial charge >= 0.3 is 5.97 Å². The van der Waals surface area contributed by atoms with Gasteiger partial charge < -0.3 is 9.84 Å². The molecule has 2 rings (SSSR count). The van der Waals surface area contributed by atoms with E-state index >= 15 is 0 Å². The maximum Gasteiger partial charge on any atom is 0.347 e. The maximum atomic E-state index is 14.0. The van der Waals surface area contributed by atoms with Crippen LogP contribution in [0.5, 0.6) is 5.75 Å². The van der Waals surface area contributed by atoms with Crippen LogP contribution >= 0.6 is 0 Å². The van der Waals surface area contributed by atoms with Crippen LogP contribution in [0.3, 0.4) is 0 Å². The Labute approximate surface area is 130 Å². The van der Waals surface area contributed by atoms with Crippen LogP contribution in [-0.4, -0.2) is 22.2 Å². The number of carbonyl (C=O) groups excluding carboxylic acids is 1. The van der Waals surface area contributed by atoms with Gasteiger partial charge in [0.1, 0.15) is 23.1 Å². The zero-order chi connectivity index (χ0) is 17.1. The predicted octanol–water partition coefficient (Wildman–Crippen LogP) is 2.56. The standard InChI is InChI=1S/C16H15F2NO4/c1-3-9-8-12(20)13(16(22)23-4-2)15(21)19(9)14-10(17)6-5-7-11(14)18/h5-8,20H,3-4H2,1-2H3. The van der Waals surface area contributed by atoms with E-state index in [-0.39, 0.29) is 18.7 Å². The monoisotopic (exact) mass is 323 g/mol. The third-order valence-electron chi connectivity index (χ3n) is 3.27. The summed E-state index contributed by atoms with van der Waals surface area (Å²) in [6.07, 6.45) is 0.208. The molecule has 0 atom stereocenters. The number of rotatable bonds is 4. The zero-order valence-electron chi connectivity index (χ0n) is 12.6. The lowest BCUT2D eigenvalue weighted by Crippen LogP contribution is -2.29. The quantitative estimate of drug-likeness (QED) is 0.878. The Balaban J connectivity index is 2.85. The van der Waals surface area contributed by atoms with Gasteiger partial charge in [-0.3, -0.25) is 9.36 Å². The molecule has 5 nitrogen and oxygen atoms in total. The molecular formula is C16H15F2NO4. The summed E-state index contributed by atoms with van der Waals surface area (Å²) in [5.74, 6) is -3.55. The summed E-state index contributed by atoms with van der Waals surface area (Å²) in [6.45, 7) is 3.17. The summed E-state index contributed by atoms with van der Waals surface area (Å²) in [7, 11) is 0. The highest BCUT2D eigenvalue weighted by Gasteiger charge is 2.24. The molecule has 0 bridgehead atoms. The van der Waals surface area contributed by atoms with E-state index < -0.39 is 40.2 Å². The number of pyridine rings is 1. The molecule has 0 saturated heterocycles. The largest absolute Gasteiger partial charge is 0.507 e. The number of benzene rings is 1. The van der Waals surface area contributed by atoms with Gasteiger partial charge in [-0.2, -0.15) is 0 Å². The first-order valence-electron chi connectivity index (χ1n) is 7.01. The molecular weight excluding hydrogens is 308 g/mol. The van der Waals surface area contributed by atoms with E-state index in [0.717, 1.165) is 28.8 Å². The van der Waals surface area contributed by atoms with Crippen LogP contribution in [0.15, 0.2) is 29.1 Å². The second kappa shape index (κ2) is 6.60. The number of aromatic hydroxyl groups is 1. The Morgan fingerprint density at radius 3 is 2.39 bits per heavy atom. The molecule has 0 amide bonds. The van der Waals surface area contributed by atoms with Gasteiger partial charge in [0, 0.05) is 11.8 Å². The smallest absolute Gasteiger partial charge is 0.347 e. The highest BCUT2D eigenvalue weighted by molar-refractivity contribution is 5.92. The van der Waals surface area contributed by atoms with E-state index in [9.17, 15) is 23.5 Å². The van der Waals surface area contributed by atoms with Crippen molar-refractivity contribution in [2.45, 2.75) is 20.3 Å². The number of carbonyl (C=O) groups is 1. The SMILES string of the molecule is CCOC(=O)c1c(O)cc(CC)n(-c2c(F)cccc2F)c1=O. The molecule has 0 unspecified atom stereocenters. The second-order valence-corrected chi connectivity index (χ2v) is 4.68. The number of nitrogens with zero attached hydrogens (tertiary/aromatic N) is 1. The molecule has 0 aliphatic rings. The minimum Gasteiger partial charge on any atom is -0.507 e. The molecule has 122 valence electrons. The first-order chi connectivity index (χ1) is 10.9. The van der Waals surface area contributed by atoms with E-state index in [0.29, 0.717) is 0 Å². The number of hydrogen-bond donors (Lipinski definition) is 1. The summed E-state index contributed by atoms with van der Waals surface area (Å²) in [5.41, 5.74) is -2.14. The zero-order valence-corrected chi connectivity index (χ0v) is 12.6. The number of ether oxygens (including phenoxy) is 1. The van der Waals surface area contributed by atoms with E-state index in [1.54, 1.807) is 6.92 Å². The molecule has 0 fully saturated rings. The third-order valence-corrected chi connectivity index (χ3v) is 3.27. The number of halogens is 2. The van der Waals surface area contributed by atoms with E-state index in [1.807, 2.05) is 0 Å². The molecule has 0 radical (unpaired) electrons. The molecule has 0 aliphatic heterocycles. The second-order valence-electron chi connectivity index (χ2n) is 4.68. The number of para-hydroxylation sites is 1. The van der Waals surface area contributed by atoms with Crippen LogP contribution in [0.1, 0.15) is 29.9 Å². The number of hydrogen-bond acceptors (Lipinski definition) is 4. The van der Waals surface area contributed by atoms with Gasteiger partial charge in [-0.05, 0) is 25.5 Å². The predicted molar refractivity (Wildman–Crippen MR) is 79.0 cm³/mol. The highest BCUT2D eigenvalue weighted by atomic mass is 19.1. The average Bonchev–Trinajstić information content (AvgIpc) is 2.49. The minimum atomic E-state index is -1.05. The molecule has 0 aliphatic carbocycles. The third kappa shape index (κ3) is 2.94. The summed E-state index contributed by atoms with van der Waals surface area (Å²) < 4.78 is 33.5. The van der Waals surface area contributed by atoms with Crippen molar-refractivity contribution in [1.82, 2.24) is 4.57 Å². The van der Waals surface area contributed by atoms with Gasteiger partial charge in [0.25, 0.3) is 5.56 Å². The molecule has 1 N–H and O–H groups in total. The van der Waals surface area contributed by atoms with Crippen LogP contribution < -0.4 is 5.56 Å². The Morgan fingerprint density at radius 1 is 1.26 bits per heavy atom. The van der Waals surface area contributed by atoms with Crippen molar-refractivity contribution in [1.29, 1.82) is 0 Å². The van der Waals surface area contributed by atoms with Gasteiger partial charge in [0.2, 0.25) is 0 Å². The Kier molecular flexibility index (Phi) is 4.78. The molecule has 2 aromatic rings. The molecule has 1 aromatic carbocycles. The number of esters is 1. The summed E-state index contributed by atoms with van der Waals surface area (Å²) in [6, 6.07) is 4.29. The first kappa shape index (κ1) is 16.7. The van der Waals surface area contributed by atoms with Crippen LogP contribution in [-0.2, 0) is 11.2 Å². The molecule has 0 spiro atoms. The fraction of sp³-hybridized carbons (Fsp3) is 0.250. The number of aryl methyl sites for hydroxylation is 1. The first-order valence-corrected chi connectivity index (χ1v) is 7.01. The Bertz CT molecular complexity index is 794. The minimum absolute atomic E-state index is 0.0126. The van der Waals surface area contributed by atoms with Crippen molar-refractivity contribution in [2.24, 2.45) is 0 Å². The molecule has 1 heterocycles. The lowest BCUT2D eigenvalue weighted by atomic mass is 10.1. The van der Waals surface area contributed by atoms with Gasteiger partial charge in [-0.1, -0.05) is 13.0 Å². The molecule has 23 heavy (non-hydrogen) atoms. The van der Waals surface area contributed by atoms with E-state index in [2.05, 4.69) is 0 Å². The lowest BCUT2D eigenvalue weighted by molar-refractivity contribution is 0.0520.